The van der Waals surface area contributed by atoms with Crippen molar-refractivity contribution in [2.24, 2.45) is 5.92 Å². The molecule has 3 aromatic rings. The van der Waals surface area contributed by atoms with E-state index in [2.05, 4.69) is 20.4 Å². The van der Waals surface area contributed by atoms with Gasteiger partial charge in [0, 0.05) is 48.4 Å². The number of piperidine rings is 1. The average Bonchev–Trinajstić information content (AvgIpc) is 3.51. The Morgan fingerprint density at radius 1 is 1.03 bits per heavy atom. The summed E-state index contributed by atoms with van der Waals surface area (Å²) in [6.07, 6.45) is 8.30. The van der Waals surface area contributed by atoms with Crippen molar-refractivity contribution in [3.63, 3.8) is 0 Å². The van der Waals surface area contributed by atoms with Crippen molar-refractivity contribution >= 4 is 11.3 Å². The molecule has 0 N–H and O–H groups in total. The van der Waals surface area contributed by atoms with E-state index in [1.165, 1.54) is 23.5 Å². The first-order chi connectivity index (χ1) is 14.2. The van der Waals surface area contributed by atoms with E-state index >= 15 is 0 Å². The van der Waals surface area contributed by atoms with Crippen LogP contribution < -0.4 is 5.56 Å². The van der Waals surface area contributed by atoms with Gasteiger partial charge in [0.25, 0.3) is 5.56 Å². The summed E-state index contributed by atoms with van der Waals surface area (Å²) in [6, 6.07) is 7.25. The van der Waals surface area contributed by atoms with Crippen LogP contribution in [-0.2, 0) is 13.1 Å². The third kappa shape index (κ3) is 4.46. The predicted octanol–water partition coefficient (Wildman–Crippen LogP) is 3.55. The molecule has 1 aliphatic heterocycles. The SMILES string of the molecule is O=c1ccc(-c2ccncc2)nn1CC1CCN(Cc2csc(C3CC3)n2)CC1. The summed E-state index contributed by atoms with van der Waals surface area (Å²) in [5, 5.41) is 8.16. The van der Waals surface area contributed by atoms with Gasteiger partial charge in [-0.2, -0.15) is 5.10 Å². The van der Waals surface area contributed by atoms with E-state index < -0.39 is 0 Å². The van der Waals surface area contributed by atoms with Gasteiger partial charge in [-0.15, -0.1) is 11.3 Å². The molecule has 2 aliphatic rings. The number of rotatable bonds is 6. The Labute approximate surface area is 174 Å². The zero-order valence-corrected chi connectivity index (χ0v) is 17.2. The highest BCUT2D eigenvalue weighted by Crippen LogP contribution is 2.41. The maximum Gasteiger partial charge on any atom is 0.266 e. The van der Waals surface area contributed by atoms with Crippen LogP contribution in [0.15, 0.2) is 46.8 Å². The van der Waals surface area contributed by atoms with Crippen LogP contribution in [0.4, 0.5) is 0 Å². The molecule has 1 aliphatic carbocycles. The molecule has 0 unspecified atom stereocenters. The number of nitrogens with zero attached hydrogens (tertiary/aromatic N) is 5. The first kappa shape index (κ1) is 18.6. The molecule has 0 radical (unpaired) electrons. The molecule has 3 aromatic heterocycles. The van der Waals surface area contributed by atoms with Gasteiger partial charge in [-0.3, -0.25) is 14.7 Å². The molecule has 0 aromatic carbocycles. The summed E-state index contributed by atoms with van der Waals surface area (Å²) >= 11 is 1.82. The molecular weight excluding hydrogens is 382 g/mol. The molecule has 2 fully saturated rings. The van der Waals surface area contributed by atoms with Gasteiger partial charge in [0.05, 0.1) is 16.4 Å². The Kier molecular flexibility index (Phi) is 5.24. The summed E-state index contributed by atoms with van der Waals surface area (Å²) < 4.78 is 1.64. The molecule has 6 nitrogen and oxygen atoms in total. The Morgan fingerprint density at radius 2 is 1.83 bits per heavy atom. The predicted molar refractivity (Wildman–Crippen MR) is 114 cm³/mol. The fourth-order valence-corrected chi connectivity index (χ4v) is 4.95. The van der Waals surface area contributed by atoms with E-state index in [0.717, 1.165) is 49.7 Å². The van der Waals surface area contributed by atoms with Crippen molar-refractivity contribution in [3.05, 3.63) is 63.1 Å². The van der Waals surface area contributed by atoms with Gasteiger partial charge in [0.15, 0.2) is 0 Å². The van der Waals surface area contributed by atoms with Crippen molar-refractivity contribution in [3.8, 4) is 11.3 Å². The monoisotopic (exact) mass is 407 g/mol. The minimum atomic E-state index is -0.0275. The molecular formula is C22H25N5OS. The molecule has 29 heavy (non-hydrogen) atoms. The molecule has 7 heteroatoms. The normalized spacial score (nSPS) is 18.2. The molecule has 0 atom stereocenters. The second-order valence-corrected chi connectivity index (χ2v) is 9.04. The zero-order chi connectivity index (χ0) is 19.6. The van der Waals surface area contributed by atoms with Crippen LogP contribution in [0.2, 0.25) is 0 Å². The largest absolute Gasteiger partial charge is 0.297 e. The van der Waals surface area contributed by atoms with Gasteiger partial charge in [0.1, 0.15) is 0 Å². The van der Waals surface area contributed by atoms with E-state index in [9.17, 15) is 4.79 Å². The summed E-state index contributed by atoms with van der Waals surface area (Å²) in [5.41, 5.74) is 3.00. The van der Waals surface area contributed by atoms with Crippen LogP contribution in [0, 0.1) is 5.92 Å². The molecule has 150 valence electrons. The maximum atomic E-state index is 12.3. The van der Waals surface area contributed by atoms with E-state index in [1.807, 2.05) is 23.5 Å². The van der Waals surface area contributed by atoms with Crippen molar-refractivity contribution in [2.75, 3.05) is 13.1 Å². The standard InChI is InChI=1S/C22H25N5OS/c28-21-4-3-20(17-5-9-23-10-6-17)25-27(21)13-16-7-11-26(12-8-16)14-19-15-29-22(24-19)18-1-2-18/h3-6,9-10,15-16,18H,1-2,7-8,11-14H2. The number of thiazole rings is 1. The fraction of sp³-hybridized carbons (Fsp3) is 0.455. The molecule has 0 bridgehead atoms. The van der Waals surface area contributed by atoms with Crippen molar-refractivity contribution in [1.29, 1.82) is 0 Å². The molecule has 0 spiro atoms. The highest BCUT2D eigenvalue weighted by molar-refractivity contribution is 7.09. The molecule has 1 saturated heterocycles. The van der Waals surface area contributed by atoms with E-state index in [0.29, 0.717) is 12.5 Å². The zero-order valence-electron chi connectivity index (χ0n) is 16.4. The Morgan fingerprint density at radius 3 is 2.59 bits per heavy atom. The number of pyridine rings is 1. The van der Waals surface area contributed by atoms with E-state index in [1.54, 1.807) is 29.2 Å². The minimum absolute atomic E-state index is 0.0275. The molecule has 5 rings (SSSR count). The second kappa shape index (κ2) is 8.16. The van der Waals surface area contributed by atoms with Gasteiger partial charge in [-0.1, -0.05) is 0 Å². The lowest BCUT2D eigenvalue weighted by Crippen LogP contribution is -2.36. The van der Waals surface area contributed by atoms with Crippen LogP contribution in [0.25, 0.3) is 11.3 Å². The summed E-state index contributed by atoms with van der Waals surface area (Å²) in [4.78, 5) is 23.7. The fourth-order valence-electron chi connectivity index (χ4n) is 3.97. The lowest BCUT2D eigenvalue weighted by Gasteiger charge is -2.31. The van der Waals surface area contributed by atoms with E-state index in [4.69, 9.17) is 4.98 Å². The quantitative estimate of drug-likeness (QED) is 0.625. The average molecular weight is 408 g/mol. The Bertz CT molecular complexity index is 1020. The van der Waals surface area contributed by atoms with Crippen LogP contribution >= 0.6 is 11.3 Å². The highest BCUT2D eigenvalue weighted by Gasteiger charge is 2.27. The van der Waals surface area contributed by atoms with Crippen molar-refractivity contribution < 1.29 is 0 Å². The molecule has 4 heterocycles. The van der Waals surface area contributed by atoms with Crippen LogP contribution in [0.5, 0.6) is 0 Å². The van der Waals surface area contributed by atoms with Gasteiger partial charge in [-0.25, -0.2) is 9.67 Å². The summed E-state index contributed by atoms with van der Waals surface area (Å²) in [7, 11) is 0. The van der Waals surface area contributed by atoms with Crippen LogP contribution in [0.1, 0.15) is 42.3 Å². The van der Waals surface area contributed by atoms with E-state index in [-0.39, 0.29) is 5.56 Å². The lowest BCUT2D eigenvalue weighted by molar-refractivity contribution is 0.162. The highest BCUT2D eigenvalue weighted by atomic mass is 32.1. The smallest absolute Gasteiger partial charge is 0.266 e. The minimum Gasteiger partial charge on any atom is -0.297 e. The third-order valence-corrected chi connectivity index (χ3v) is 6.92. The first-order valence-electron chi connectivity index (χ1n) is 10.4. The van der Waals surface area contributed by atoms with Gasteiger partial charge in [0.2, 0.25) is 0 Å². The van der Waals surface area contributed by atoms with Gasteiger partial charge >= 0.3 is 0 Å². The topological polar surface area (TPSA) is 63.9 Å². The summed E-state index contributed by atoms with van der Waals surface area (Å²) in [5.74, 6) is 1.23. The maximum absolute atomic E-state index is 12.3. The number of likely N-dealkylation sites (tertiary alicyclic amines) is 1. The number of hydrogen-bond donors (Lipinski definition) is 0. The summed E-state index contributed by atoms with van der Waals surface area (Å²) in [6.45, 7) is 3.75. The first-order valence-corrected chi connectivity index (χ1v) is 11.3. The van der Waals surface area contributed by atoms with Crippen LogP contribution in [-0.4, -0.2) is 37.7 Å². The molecule has 1 saturated carbocycles. The number of aromatic nitrogens is 4. The third-order valence-electron chi connectivity index (χ3n) is 5.86. The Hall–Kier alpha value is -2.38. The second-order valence-electron chi connectivity index (χ2n) is 8.15. The lowest BCUT2D eigenvalue weighted by atomic mass is 9.97. The molecule has 0 amide bonds. The Balaban J connectivity index is 1.18. The van der Waals surface area contributed by atoms with Gasteiger partial charge < -0.3 is 0 Å². The van der Waals surface area contributed by atoms with Gasteiger partial charge in [-0.05, 0) is 62.9 Å². The van der Waals surface area contributed by atoms with Crippen LogP contribution in [0.3, 0.4) is 0 Å². The number of hydrogen-bond acceptors (Lipinski definition) is 6. The van der Waals surface area contributed by atoms with Crippen molar-refractivity contribution in [2.45, 2.75) is 44.7 Å². The van der Waals surface area contributed by atoms with Crippen molar-refractivity contribution in [1.82, 2.24) is 24.6 Å².